The Morgan fingerprint density at radius 2 is 1.96 bits per heavy atom. The molecular formula is C22H23NO3. The van der Waals surface area contributed by atoms with Crippen LogP contribution in [0, 0.1) is 6.92 Å². The molecule has 1 aromatic heterocycles. The van der Waals surface area contributed by atoms with E-state index in [2.05, 4.69) is 29.2 Å². The number of likely N-dealkylation sites (tertiary alicyclic amines) is 1. The van der Waals surface area contributed by atoms with Crippen molar-refractivity contribution < 1.29 is 9.15 Å². The maximum atomic E-state index is 12.0. The minimum atomic E-state index is -0.279. The van der Waals surface area contributed by atoms with E-state index in [-0.39, 0.29) is 5.63 Å². The molecule has 26 heavy (non-hydrogen) atoms. The minimum absolute atomic E-state index is 0.279. The molecule has 0 bridgehead atoms. The predicted molar refractivity (Wildman–Crippen MR) is 103 cm³/mol. The highest BCUT2D eigenvalue weighted by Gasteiger charge is 2.26. The lowest BCUT2D eigenvalue weighted by Crippen LogP contribution is -2.23. The average molecular weight is 349 g/mol. The third-order valence-corrected chi connectivity index (χ3v) is 5.22. The zero-order chi connectivity index (χ0) is 18.1. The Hall–Kier alpha value is -2.59. The topological polar surface area (TPSA) is 42.7 Å². The molecule has 0 spiro atoms. The molecule has 4 heteroatoms. The Morgan fingerprint density at radius 1 is 1.15 bits per heavy atom. The third kappa shape index (κ3) is 3.25. The number of hydrogen-bond donors (Lipinski definition) is 0. The van der Waals surface area contributed by atoms with Crippen LogP contribution in [0.25, 0.3) is 11.0 Å². The van der Waals surface area contributed by atoms with Crippen molar-refractivity contribution in [3.05, 3.63) is 75.6 Å². The van der Waals surface area contributed by atoms with Gasteiger partial charge in [-0.1, -0.05) is 24.3 Å². The van der Waals surface area contributed by atoms with Gasteiger partial charge in [-0.05, 0) is 61.2 Å². The van der Waals surface area contributed by atoms with Gasteiger partial charge in [0.25, 0.3) is 0 Å². The first-order chi connectivity index (χ1) is 12.6. The smallest absolute Gasteiger partial charge is 0.336 e. The summed E-state index contributed by atoms with van der Waals surface area (Å²) in [6, 6.07) is 16.4. The normalized spacial score (nSPS) is 17.7. The van der Waals surface area contributed by atoms with Crippen molar-refractivity contribution in [2.24, 2.45) is 0 Å². The van der Waals surface area contributed by atoms with Crippen LogP contribution in [0.5, 0.6) is 5.75 Å². The van der Waals surface area contributed by atoms with Crippen molar-refractivity contribution >= 4 is 11.0 Å². The van der Waals surface area contributed by atoms with Crippen molar-refractivity contribution in [1.29, 1.82) is 0 Å². The van der Waals surface area contributed by atoms with Crippen LogP contribution in [0.15, 0.2) is 57.7 Å². The highest BCUT2D eigenvalue weighted by Crippen LogP contribution is 2.34. The molecule has 3 aromatic rings. The summed E-state index contributed by atoms with van der Waals surface area (Å²) in [7, 11) is 1.69. The zero-order valence-corrected chi connectivity index (χ0v) is 15.2. The molecule has 1 saturated heterocycles. The van der Waals surface area contributed by atoms with E-state index >= 15 is 0 Å². The van der Waals surface area contributed by atoms with Crippen LogP contribution in [-0.4, -0.2) is 18.6 Å². The van der Waals surface area contributed by atoms with Crippen molar-refractivity contribution in [3.63, 3.8) is 0 Å². The van der Waals surface area contributed by atoms with E-state index in [9.17, 15) is 4.79 Å². The van der Waals surface area contributed by atoms with Crippen molar-refractivity contribution in [3.8, 4) is 5.75 Å². The molecule has 1 fully saturated rings. The van der Waals surface area contributed by atoms with Gasteiger partial charge < -0.3 is 9.15 Å². The number of hydrogen-bond acceptors (Lipinski definition) is 4. The fourth-order valence-corrected chi connectivity index (χ4v) is 3.91. The van der Waals surface area contributed by atoms with Gasteiger partial charge in [-0.15, -0.1) is 0 Å². The van der Waals surface area contributed by atoms with E-state index < -0.39 is 0 Å². The molecular weight excluding hydrogens is 326 g/mol. The van der Waals surface area contributed by atoms with Crippen LogP contribution in [0.2, 0.25) is 0 Å². The van der Waals surface area contributed by atoms with Crippen LogP contribution >= 0.6 is 0 Å². The van der Waals surface area contributed by atoms with Crippen molar-refractivity contribution in [1.82, 2.24) is 4.90 Å². The summed E-state index contributed by atoms with van der Waals surface area (Å²) in [6.45, 7) is 3.79. The van der Waals surface area contributed by atoms with E-state index in [0.29, 0.717) is 11.6 Å². The second-order valence-electron chi connectivity index (χ2n) is 6.99. The molecule has 1 aliphatic rings. The summed E-state index contributed by atoms with van der Waals surface area (Å²) >= 11 is 0. The number of aryl methyl sites for hydroxylation is 1. The molecule has 2 heterocycles. The Balaban J connectivity index is 1.65. The summed E-state index contributed by atoms with van der Waals surface area (Å²) < 4.78 is 10.7. The Bertz CT molecular complexity index is 975. The fourth-order valence-electron chi connectivity index (χ4n) is 3.91. The van der Waals surface area contributed by atoms with Gasteiger partial charge in [-0.2, -0.15) is 0 Å². The summed E-state index contributed by atoms with van der Waals surface area (Å²) in [6.07, 6.45) is 2.29. The standard InChI is InChI=1S/C22H23NO3/c1-15-5-10-19-17(13-22(24)26-21(19)12-15)14-23-11-3-4-20(23)16-6-8-18(25-2)9-7-16/h5-10,12-13,20H,3-4,11,14H2,1-2H3/t20-/m0/s1. The molecule has 0 amide bonds. The van der Waals surface area contributed by atoms with Gasteiger partial charge in [0.15, 0.2) is 0 Å². The largest absolute Gasteiger partial charge is 0.497 e. The molecule has 2 aromatic carbocycles. The lowest BCUT2D eigenvalue weighted by atomic mass is 10.0. The SMILES string of the molecule is COc1ccc([C@@H]2CCCN2Cc2cc(=O)oc3cc(C)ccc23)cc1. The maximum absolute atomic E-state index is 12.0. The number of methoxy groups -OCH3 is 1. The second-order valence-corrected chi connectivity index (χ2v) is 6.99. The Kier molecular flexibility index (Phi) is 4.51. The molecule has 134 valence electrons. The van der Waals surface area contributed by atoms with Crippen LogP contribution in [0.1, 0.15) is 35.6 Å². The third-order valence-electron chi connectivity index (χ3n) is 5.22. The highest BCUT2D eigenvalue weighted by molar-refractivity contribution is 5.80. The van der Waals surface area contributed by atoms with Gasteiger partial charge in [0.05, 0.1) is 7.11 Å². The molecule has 0 aliphatic carbocycles. The monoisotopic (exact) mass is 349 g/mol. The summed E-state index contributed by atoms with van der Waals surface area (Å²) in [5.41, 5.74) is 3.82. The van der Waals surface area contributed by atoms with Gasteiger partial charge in [0.2, 0.25) is 0 Å². The second kappa shape index (κ2) is 6.96. The average Bonchev–Trinajstić information content (AvgIpc) is 3.09. The van der Waals surface area contributed by atoms with Gasteiger partial charge in [-0.3, -0.25) is 4.90 Å². The molecule has 1 aliphatic heterocycles. The van der Waals surface area contributed by atoms with E-state index in [1.807, 2.05) is 25.1 Å². The van der Waals surface area contributed by atoms with Gasteiger partial charge in [0.1, 0.15) is 11.3 Å². The van der Waals surface area contributed by atoms with Gasteiger partial charge in [0, 0.05) is 24.0 Å². The number of fused-ring (bicyclic) bond motifs is 1. The first kappa shape index (κ1) is 16.9. The van der Waals surface area contributed by atoms with Gasteiger partial charge >= 0.3 is 5.63 Å². The van der Waals surface area contributed by atoms with Crippen LogP contribution in [0.4, 0.5) is 0 Å². The fraction of sp³-hybridized carbons (Fsp3) is 0.318. The molecule has 4 nitrogen and oxygen atoms in total. The first-order valence-corrected chi connectivity index (χ1v) is 9.05. The first-order valence-electron chi connectivity index (χ1n) is 9.05. The number of ether oxygens (including phenoxy) is 1. The Morgan fingerprint density at radius 3 is 2.73 bits per heavy atom. The number of nitrogens with zero attached hydrogens (tertiary/aromatic N) is 1. The summed E-state index contributed by atoms with van der Waals surface area (Å²) in [4.78, 5) is 14.5. The molecule has 0 radical (unpaired) electrons. The minimum Gasteiger partial charge on any atom is -0.497 e. The van der Waals surface area contributed by atoms with E-state index in [1.165, 1.54) is 5.56 Å². The van der Waals surface area contributed by atoms with E-state index in [1.54, 1.807) is 13.2 Å². The molecule has 0 N–H and O–H groups in total. The summed E-state index contributed by atoms with van der Waals surface area (Å²) in [5, 5.41) is 1.02. The molecule has 4 rings (SSSR count). The quantitative estimate of drug-likeness (QED) is 0.653. The predicted octanol–water partition coefficient (Wildman–Crippen LogP) is 4.45. The number of rotatable bonds is 4. The van der Waals surface area contributed by atoms with Crippen LogP contribution in [0.3, 0.4) is 0 Å². The van der Waals surface area contributed by atoms with Crippen LogP contribution < -0.4 is 10.4 Å². The maximum Gasteiger partial charge on any atom is 0.336 e. The summed E-state index contributed by atoms with van der Waals surface area (Å²) in [5.74, 6) is 0.875. The Labute approximate surface area is 153 Å². The molecule has 0 saturated carbocycles. The van der Waals surface area contributed by atoms with Crippen LogP contribution in [-0.2, 0) is 6.54 Å². The lowest BCUT2D eigenvalue weighted by molar-refractivity contribution is 0.249. The van der Waals surface area contributed by atoms with Crippen molar-refractivity contribution in [2.75, 3.05) is 13.7 Å². The molecule has 1 atom stereocenters. The van der Waals surface area contributed by atoms with E-state index in [0.717, 1.165) is 48.2 Å². The van der Waals surface area contributed by atoms with Gasteiger partial charge in [-0.25, -0.2) is 4.79 Å². The molecule has 0 unspecified atom stereocenters. The zero-order valence-electron chi connectivity index (χ0n) is 15.2. The number of benzene rings is 2. The highest BCUT2D eigenvalue weighted by atomic mass is 16.5. The van der Waals surface area contributed by atoms with Crippen molar-refractivity contribution in [2.45, 2.75) is 32.4 Å². The lowest BCUT2D eigenvalue weighted by Gasteiger charge is -2.25. The van der Waals surface area contributed by atoms with E-state index in [4.69, 9.17) is 9.15 Å².